The van der Waals surface area contributed by atoms with E-state index in [0.717, 1.165) is 27.0 Å². The summed E-state index contributed by atoms with van der Waals surface area (Å²) in [6.07, 6.45) is 3.79. The number of esters is 1. The Morgan fingerprint density at radius 1 is 1.07 bits per heavy atom. The fourth-order valence-electron chi connectivity index (χ4n) is 2.67. The third-order valence-electron chi connectivity index (χ3n) is 4.19. The van der Waals surface area contributed by atoms with Gasteiger partial charge in [0.1, 0.15) is 29.0 Å². The summed E-state index contributed by atoms with van der Waals surface area (Å²) in [5.41, 5.74) is 3.53. The molecule has 154 valence electrons. The van der Waals surface area contributed by atoms with Gasteiger partial charge in [0.25, 0.3) is 0 Å². The summed E-state index contributed by atoms with van der Waals surface area (Å²) in [4.78, 5) is 21.1. The molecule has 0 amide bonds. The maximum Gasteiger partial charge on any atom is 0.312 e. The predicted molar refractivity (Wildman–Crippen MR) is 115 cm³/mol. The van der Waals surface area contributed by atoms with Gasteiger partial charge in [-0.2, -0.15) is 5.10 Å². The number of thiazole rings is 2. The van der Waals surface area contributed by atoms with Crippen molar-refractivity contribution in [2.45, 2.75) is 26.6 Å². The molecule has 3 aromatic heterocycles. The fraction of sp³-hybridized carbons (Fsp3) is 0.238. The van der Waals surface area contributed by atoms with Crippen LogP contribution in [0.4, 0.5) is 0 Å². The van der Waals surface area contributed by atoms with E-state index in [9.17, 15) is 4.79 Å². The molecule has 4 aromatic rings. The first-order valence-electron chi connectivity index (χ1n) is 9.27. The van der Waals surface area contributed by atoms with Crippen molar-refractivity contribution < 1.29 is 14.3 Å². The van der Waals surface area contributed by atoms with Crippen LogP contribution in [0.3, 0.4) is 0 Å². The molecule has 9 heteroatoms. The van der Waals surface area contributed by atoms with Crippen molar-refractivity contribution in [2.75, 3.05) is 0 Å². The molecular formula is C21H20N4O3S2. The van der Waals surface area contributed by atoms with Gasteiger partial charge in [-0.1, -0.05) is 17.7 Å². The monoisotopic (exact) mass is 440 g/mol. The van der Waals surface area contributed by atoms with E-state index in [4.69, 9.17) is 9.47 Å². The van der Waals surface area contributed by atoms with Gasteiger partial charge in [-0.15, -0.1) is 22.7 Å². The van der Waals surface area contributed by atoms with Crippen LogP contribution in [-0.4, -0.2) is 25.7 Å². The second kappa shape index (κ2) is 9.19. The molecule has 0 N–H and O–H groups in total. The lowest BCUT2D eigenvalue weighted by Crippen LogP contribution is -2.08. The first-order chi connectivity index (χ1) is 14.5. The highest BCUT2D eigenvalue weighted by Gasteiger charge is 2.12. The van der Waals surface area contributed by atoms with Crippen molar-refractivity contribution in [1.82, 2.24) is 19.7 Å². The number of carbonyl (C=O) groups excluding carboxylic acids is 1. The highest BCUT2D eigenvalue weighted by molar-refractivity contribution is 7.13. The lowest BCUT2D eigenvalue weighted by molar-refractivity contribution is -0.144. The Morgan fingerprint density at radius 2 is 1.87 bits per heavy atom. The molecule has 0 aliphatic carbocycles. The fourth-order valence-corrected chi connectivity index (χ4v) is 4.15. The van der Waals surface area contributed by atoms with Crippen LogP contribution in [0, 0.1) is 6.92 Å². The Hall–Kier alpha value is -3.04. The average molecular weight is 441 g/mol. The molecule has 0 unspecified atom stereocenters. The van der Waals surface area contributed by atoms with Crippen LogP contribution in [0.25, 0.3) is 10.6 Å². The number of rotatable bonds is 8. The molecule has 0 atom stereocenters. The molecule has 0 aliphatic heterocycles. The molecular weight excluding hydrogens is 420 g/mol. The minimum Gasteiger partial charge on any atom is -0.486 e. The SMILES string of the molecule is Cc1ccc(OCc2nc(CC(=O)OCc3csc(-c4cnn(C)c4)n3)cs2)cc1. The van der Waals surface area contributed by atoms with Gasteiger partial charge in [-0.3, -0.25) is 9.48 Å². The summed E-state index contributed by atoms with van der Waals surface area (Å²) in [7, 11) is 1.86. The number of carbonyl (C=O) groups is 1. The number of benzene rings is 1. The number of aryl methyl sites for hydroxylation is 2. The van der Waals surface area contributed by atoms with Crippen molar-refractivity contribution in [1.29, 1.82) is 0 Å². The number of hydrogen-bond donors (Lipinski definition) is 0. The summed E-state index contributed by atoms with van der Waals surface area (Å²) in [6, 6.07) is 7.86. The third kappa shape index (κ3) is 5.31. The molecule has 1 aromatic carbocycles. The Labute approximate surface area is 182 Å². The van der Waals surface area contributed by atoms with E-state index in [1.165, 1.54) is 28.2 Å². The zero-order valence-corrected chi connectivity index (χ0v) is 18.2. The molecule has 30 heavy (non-hydrogen) atoms. The van der Waals surface area contributed by atoms with Crippen LogP contribution >= 0.6 is 22.7 Å². The molecule has 0 spiro atoms. The smallest absolute Gasteiger partial charge is 0.312 e. The van der Waals surface area contributed by atoms with E-state index in [1.807, 2.05) is 55.2 Å². The van der Waals surface area contributed by atoms with Gasteiger partial charge in [-0.25, -0.2) is 9.97 Å². The van der Waals surface area contributed by atoms with Crippen molar-refractivity contribution in [2.24, 2.45) is 7.05 Å². The molecule has 0 radical (unpaired) electrons. The third-order valence-corrected chi connectivity index (χ3v) is 6.00. The van der Waals surface area contributed by atoms with Crippen molar-refractivity contribution >= 4 is 28.6 Å². The zero-order chi connectivity index (χ0) is 20.9. The number of nitrogens with zero attached hydrogens (tertiary/aromatic N) is 4. The van der Waals surface area contributed by atoms with Crippen LogP contribution in [0.1, 0.15) is 22.0 Å². The van der Waals surface area contributed by atoms with E-state index in [1.54, 1.807) is 10.9 Å². The van der Waals surface area contributed by atoms with Crippen LogP contribution in [0.15, 0.2) is 47.4 Å². The lowest BCUT2D eigenvalue weighted by Gasteiger charge is -2.04. The maximum atomic E-state index is 12.2. The molecule has 0 aliphatic rings. The van der Waals surface area contributed by atoms with Gasteiger partial charge in [0.15, 0.2) is 0 Å². The Kier molecular flexibility index (Phi) is 6.20. The minimum atomic E-state index is -0.331. The number of ether oxygens (including phenoxy) is 2. The first-order valence-corrected chi connectivity index (χ1v) is 11.0. The average Bonchev–Trinajstić information content (AvgIpc) is 3.47. The molecule has 7 nitrogen and oxygen atoms in total. The van der Waals surface area contributed by atoms with E-state index >= 15 is 0 Å². The zero-order valence-electron chi connectivity index (χ0n) is 16.6. The van der Waals surface area contributed by atoms with Crippen molar-refractivity contribution in [3.63, 3.8) is 0 Å². The van der Waals surface area contributed by atoms with Crippen molar-refractivity contribution in [3.8, 4) is 16.3 Å². The van der Waals surface area contributed by atoms with Gasteiger partial charge in [0.05, 0.1) is 24.0 Å². The summed E-state index contributed by atoms with van der Waals surface area (Å²) < 4.78 is 12.8. The highest BCUT2D eigenvalue weighted by Crippen LogP contribution is 2.23. The van der Waals surface area contributed by atoms with Crippen molar-refractivity contribution in [3.05, 3.63) is 69.4 Å². The summed E-state index contributed by atoms with van der Waals surface area (Å²) in [6.45, 7) is 2.55. The maximum absolute atomic E-state index is 12.2. The van der Waals surface area contributed by atoms with Gasteiger partial charge in [-0.05, 0) is 19.1 Å². The Balaban J connectivity index is 1.24. The lowest BCUT2D eigenvalue weighted by atomic mass is 10.2. The van der Waals surface area contributed by atoms with E-state index < -0.39 is 0 Å². The molecule has 0 saturated carbocycles. The van der Waals surface area contributed by atoms with Crippen LogP contribution < -0.4 is 4.74 Å². The second-order valence-electron chi connectivity index (χ2n) is 6.72. The highest BCUT2D eigenvalue weighted by atomic mass is 32.1. The molecule has 0 saturated heterocycles. The van der Waals surface area contributed by atoms with E-state index in [0.29, 0.717) is 12.3 Å². The number of hydrogen-bond acceptors (Lipinski definition) is 8. The normalized spacial score (nSPS) is 10.9. The Bertz CT molecular complexity index is 1130. The number of aromatic nitrogens is 4. The van der Waals surface area contributed by atoms with Gasteiger partial charge in [0, 0.05) is 29.6 Å². The standard InChI is InChI=1S/C21H20N4O3S2/c1-14-3-5-18(6-4-14)27-11-19-23-16(12-29-19)7-20(26)28-10-17-13-30-21(24-17)15-8-22-25(2)9-15/h3-6,8-9,12-13H,7,10-11H2,1-2H3. The van der Waals surface area contributed by atoms with Gasteiger partial charge >= 0.3 is 5.97 Å². The molecule has 3 heterocycles. The van der Waals surface area contributed by atoms with E-state index in [2.05, 4.69) is 15.1 Å². The minimum absolute atomic E-state index is 0.126. The van der Waals surface area contributed by atoms with Gasteiger partial charge < -0.3 is 9.47 Å². The predicted octanol–water partition coefficient (Wildman–Crippen LogP) is 4.17. The summed E-state index contributed by atoms with van der Waals surface area (Å²) in [5, 5.41) is 9.56. The quantitative estimate of drug-likeness (QED) is 0.383. The van der Waals surface area contributed by atoms with Crippen LogP contribution in [-0.2, 0) is 36.2 Å². The van der Waals surface area contributed by atoms with Crippen LogP contribution in [0.2, 0.25) is 0 Å². The molecule has 0 fully saturated rings. The summed E-state index contributed by atoms with van der Waals surface area (Å²) in [5.74, 6) is 0.466. The second-order valence-corrected chi connectivity index (χ2v) is 8.52. The van der Waals surface area contributed by atoms with Gasteiger partial charge in [0.2, 0.25) is 0 Å². The van der Waals surface area contributed by atoms with Crippen LogP contribution in [0.5, 0.6) is 5.75 Å². The largest absolute Gasteiger partial charge is 0.486 e. The topological polar surface area (TPSA) is 79.1 Å². The molecule has 0 bridgehead atoms. The van der Waals surface area contributed by atoms with E-state index in [-0.39, 0.29) is 19.0 Å². The first kappa shape index (κ1) is 20.2. The Morgan fingerprint density at radius 3 is 2.63 bits per heavy atom. The summed E-state index contributed by atoms with van der Waals surface area (Å²) >= 11 is 2.97. The molecule has 4 rings (SSSR count).